The van der Waals surface area contributed by atoms with Crippen LogP contribution in [0.25, 0.3) is 0 Å². The number of nitrogens with one attached hydrogen (secondary N) is 1. The van der Waals surface area contributed by atoms with Crippen LogP contribution < -0.4 is 10.2 Å². The van der Waals surface area contributed by atoms with Crippen LogP contribution in [0, 0.1) is 0 Å². The quantitative estimate of drug-likeness (QED) is 0.732. The minimum atomic E-state index is 0.576. The van der Waals surface area contributed by atoms with Gasteiger partial charge in [0.05, 0.1) is 0 Å². The number of para-hydroxylation sites is 1. The zero-order valence-corrected chi connectivity index (χ0v) is 13.5. The second kappa shape index (κ2) is 6.71. The second-order valence-corrected chi connectivity index (χ2v) is 6.09. The van der Waals surface area contributed by atoms with Gasteiger partial charge in [-0.05, 0) is 30.5 Å². The van der Waals surface area contributed by atoms with E-state index >= 15 is 0 Å². The van der Waals surface area contributed by atoms with E-state index in [9.17, 15) is 0 Å². The molecule has 0 unspecified atom stereocenters. The van der Waals surface area contributed by atoms with Crippen LogP contribution in [0.1, 0.15) is 18.4 Å². The lowest BCUT2D eigenvalue weighted by atomic mass is 10.2. The van der Waals surface area contributed by atoms with Gasteiger partial charge in [-0.1, -0.05) is 48.5 Å². The van der Waals surface area contributed by atoms with E-state index in [1.54, 1.807) is 6.33 Å². The van der Waals surface area contributed by atoms with Gasteiger partial charge < -0.3 is 10.2 Å². The molecule has 0 aliphatic heterocycles. The molecular weight excluding hydrogens is 296 g/mol. The van der Waals surface area contributed by atoms with Gasteiger partial charge in [0.15, 0.2) is 0 Å². The molecule has 4 rings (SSSR count). The summed E-state index contributed by atoms with van der Waals surface area (Å²) in [4.78, 5) is 11.1. The molecule has 0 atom stereocenters. The highest BCUT2D eigenvalue weighted by Crippen LogP contribution is 2.29. The fraction of sp³-hybridized carbons (Fsp3) is 0.200. The van der Waals surface area contributed by atoms with Crippen molar-refractivity contribution in [1.82, 2.24) is 9.97 Å². The predicted molar refractivity (Wildman–Crippen MR) is 97.4 cm³/mol. The summed E-state index contributed by atoms with van der Waals surface area (Å²) in [5.41, 5.74) is 2.37. The summed E-state index contributed by atoms with van der Waals surface area (Å²) in [6.07, 6.45) is 4.10. The normalized spacial score (nSPS) is 13.5. The lowest BCUT2D eigenvalue weighted by Crippen LogP contribution is -2.18. The molecule has 24 heavy (non-hydrogen) atoms. The summed E-state index contributed by atoms with van der Waals surface area (Å²) in [6, 6.07) is 23.4. The van der Waals surface area contributed by atoms with Crippen molar-refractivity contribution in [3.8, 4) is 0 Å². The van der Waals surface area contributed by atoms with E-state index < -0.39 is 0 Å². The van der Waals surface area contributed by atoms with Gasteiger partial charge in [0.2, 0.25) is 0 Å². The molecule has 0 saturated heterocycles. The van der Waals surface area contributed by atoms with Crippen LogP contribution in [0.2, 0.25) is 0 Å². The van der Waals surface area contributed by atoms with Gasteiger partial charge in [-0.15, -0.1) is 0 Å². The molecule has 120 valence electrons. The van der Waals surface area contributed by atoms with Gasteiger partial charge in [-0.25, -0.2) is 9.97 Å². The molecule has 4 nitrogen and oxygen atoms in total. The van der Waals surface area contributed by atoms with Crippen molar-refractivity contribution in [3.63, 3.8) is 0 Å². The second-order valence-electron chi connectivity index (χ2n) is 6.09. The van der Waals surface area contributed by atoms with Crippen molar-refractivity contribution < 1.29 is 0 Å². The van der Waals surface area contributed by atoms with Crippen molar-refractivity contribution in [2.45, 2.75) is 25.4 Å². The highest BCUT2D eigenvalue weighted by atomic mass is 15.2. The summed E-state index contributed by atoms with van der Waals surface area (Å²) in [6.45, 7) is 0.769. The van der Waals surface area contributed by atoms with Crippen molar-refractivity contribution in [1.29, 1.82) is 0 Å². The fourth-order valence-electron chi connectivity index (χ4n) is 2.69. The monoisotopic (exact) mass is 316 g/mol. The van der Waals surface area contributed by atoms with E-state index in [1.807, 2.05) is 18.2 Å². The lowest BCUT2D eigenvalue weighted by molar-refractivity contribution is 0.935. The molecule has 1 N–H and O–H groups in total. The number of hydrogen-bond donors (Lipinski definition) is 1. The molecule has 1 saturated carbocycles. The van der Waals surface area contributed by atoms with Crippen LogP contribution in [0.3, 0.4) is 0 Å². The number of hydrogen-bond acceptors (Lipinski definition) is 4. The molecule has 1 heterocycles. The van der Waals surface area contributed by atoms with Crippen molar-refractivity contribution >= 4 is 17.3 Å². The number of nitrogens with zero attached hydrogens (tertiary/aromatic N) is 3. The first-order valence-corrected chi connectivity index (χ1v) is 8.33. The molecule has 0 amide bonds. The third-order valence-electron chi connectivity index (χ3n) is 4.11. The van der Waals surface area contributed by atoms with E-state index in [1.165, 1.54) is 18.4 Å². The third-order valence-corrected chi connectivity index (χ3v) is 4.11. The average Bonchev–Trinajstić information content (AvgIpc) is 3.45. The molecule has 0 bridgehead atoms. The first kappa shape index (κ1) is 14.7. The first-order chi connectivity index (χ1) is 11.9. The standard InChI is InChI=1S/C20H20N4/c1-3-7-16(8-4-1)14-24(18-9-5-2-6-10-18)20-13-19(21-15-22-20)23-17-11-12-17/h1-10,13,15,17H,11-12,14H2,(H,21,22,23). The Morgan fingerprint density at radius 1 is 0.917 bits per heavy atom. The maximum Gasteiger partial charge on any atom is 0.138 e. The Kier molecular flexibility index (Phi) is 4.11. The fourth-order valence-corrected chi connectivity index (χ4v) is 2.69. The molecule has 1 aliphatic carbocycles. The van der Waals surface area contributed by atoms with Gasteiger partial charge in [0.25, 0.3) is 0 Å². The summed E-state index contributed by atoms with van der Waals surface area (Å²) >= 11 is 0. The number of benzene rings is 2. The smallest absolute Gasteiger partial charge is 0.138 e. The maximum absolute atomic E-state index is 4.51. The van der Waals surface area contributed by atoms with Crippen molar-refractivity contribution in [3.05, 3.63) is 78.6 Å². The third kappa shape index (κ3) is 3.54. The van der Waals surface area contributed by atoms with Crippen molar-refractivity contribution in [2.24, 2.45) is 0 Å². The van der Waals surface area contributed by atoms with Crippen LogP contribution in [-0.2, 0) is 6.54 Å². The molecule has 2 aromatic carbocycles. The Balaban J connectivity index is 1.66. The van der Waals surface area contributed by atoms with Gasteiger partial charge in [-0.2, -0.15) is 0 Å². The largest absolute Gasteiger partial charge is 0.367 e. The van der Waals surface area contributed by atoms with Gasteiger partial charge in [-0.3, -0.25) is 0 Å². The highest BCUT2D eigenvalue weighted by Gasteiger charge is 2.22. The van der Waals surface area contributed by atoms with E-state index in [-0.39, 0.29) is 0 Å². The zero-order chi connectivity index (χ0) is 16.2. The van der Waals surface area contributed by atoms with Crippen molar-refractivity contribution in [2.75, 3.05) is 10.2 Å². The van der Waals surface area contributed by atoms with Crippen LogP contribution in [0.15, 0.2) is 73.1 Å². The van der Waals surface area contributed by atoms with Crippen LogP contribution in [0.4, 0.5) is 17.3 Å². The van der Waals surface area contributed by atoms with Gasteiger partial charge >= 0.3 is 0 Å². The molecule has 4 heteroatoms. The van der Waals surface area contributed by atoms with Gasteiger partial charge in [0, 0.05) is 24.3 Å². The molecule has 1 aliphatic rings. The topological polar surface area (TPSA) is 41.0 Å². The first-order valence-electron chi connectivity index (χ1n) is 8.33. The van der Waals surface area contributed by atoms with E-state index in [2.05, 4.69) is 68.7 Å². The number of rotatable bonds is 6. The molecular formula is C20H20N4. The Morgan fingerprint density at radius 3 is 2.33 bits per heavy atom. The molecule has 0 spiro atoms. The minimum absolute atomic E-state index is 0.576. The Bertz CT molecular complexity index is 785. The molecule has 0 radical (unpaired) electrons. The predicted octanol–water partition coefficient (Wildman–Crippen LogP) is 4.39. The van der Waals surface area contributed by atoms with Crippen LogP contribution in [0.5, 0.6) is 0 Å². The molecule has 3 aromatic rings. The summed E-state index contributed by atoms with van der Waals surface area (Å²) in [5, 5.41) is 3.45. The maximum atomic E-state index is 4.51. The summed E-state index contributed by atoms with van der Waals surface area (Å²) < 4.78 is 0. The van der Waals surface area contributed by atoms with Crippen LogP contribution >= 0.6 is 0 Å². The zero-order valence-electron chi connectivity index (χ0n) is 13.5. The molecule has 1 aromatic heterocycles. The van der Waals surface area contributed by atoms with E-state index in [0.717, 1.165) is 23.9 Å². The van der Waals surface area contributed by atoms with Gasteiger partial charge in [0.1, 0.15) is 18.0 Å². The Hall–Kier alpha value is -2.88. The van der Waals surface area contributed by atoms with E-state index in [0.29, 0.717) is 6.04 Å². The SMILES string of the molecule is c1ccc(CN(c2ccccc2)c2cc(NC3CC3)ncn2)cc1. The molecule has 1 fully saturated rings. The number of aromatic nitrogens is 2. The minimum Gasteiger partial charge on any atom is -0.367 e. The number of anilines is 3. The van der Waals surface area contributed by atoms with E-state index in [4.69, 9.17) is 0 Å². The highest BCUT2D eigenvalue weighted by molar-refractivity contribution is 5.62. The van der Waals surface area contributed by atoms with Crippen LogP contribution in [-0.4, -0.2) is 16.0 Å². The lowest BCUT2D eigenvalue weighted by Gasteiger charge is -2.24. The summed E-state index contributed by atoms with van der Waals surface area (Å²) in [5.74, 6) is 1.81. The Labute approximate surface area is 142 Å². The summed E-state index contributed by atoms with van der Waals surface area (Å²) in [7, 11) is 0. The average molecular weight is 316 g/mol. The Morgan fingerprint density at radius 2 is 1.62 bits per heavy atom.